The number of aliphatic imine (C=N–C) groups is 2. The van der Waals surface area contributed by atoms with Crippen LogP contribution in [0.2, 0.25) is 0 Å². The van der Waals surface area contributed by atoms with E-state index in [4.69, 9.17) is 14.5 Å². The van der Waals surface area contributed by atoms with E-state index in [2.05, 4.69) is 43.1 Å². The van der Waals surface area contributed by atoms with Gasteiger partial charge >= 0.3 is 0 Å². The first-order valence-electron chi connectivity index (χ1n) is 7.43. The number of aryl methyl sites for hydroxylation is 1. The lowest BCUT2D eigenvalue weighted by Gasteiger charge is -2.27. The molecule has 0 N–H and O–H groups in total. The summed E-state index contributed by atoms with van der Waals surface area (Å²) in [5, 5.41) is 0. The van der Waals surface area contributed by atoms with Crippen LogP contribution < -0.4 is 0 Å². The lowest BCUT2D eigenvalue weighted by atomic mass is 10.0. The van der Waals surface area contributed by atoms with Crippen molar-refractivity contribution in [1.82, 2.24) is 0 Å². The standard InChI is InChI=1S/C17H24N2O2/c1-12(2)15-17(21-4)18-14(16(19-15)20-3)11-10-13-8-6-5-7-9-13/h5-9,12,14-15H,10-11H2,1-4H3/t14-,15+/m0/s1. The summed E-state index contributed by atoms with van der Waals surface area (Å²) in [6.45, 7) is 4.22. The molecule has 1 aliphatic rings. The van der Waals surface area contributed by atoms with Crippen LogP contribution in [0.15, 0.2) is 40.3 Å². The fourth-order valence-electron chi connectivity index (χ4n) is 2.50. The molecule has 0 unspecified atom stereocenters. The molecule has 1 aromatic rings. The van der Waals surface area contributed by atoms with Gasteiger partial charge in [0.25, 0.3) is 0 Å². The first-order chi connectivity index (χ1) is 10.2. The third-order valence-electron chi connectivity index (χ3n) is 3.69. The third-order valence-corrected chi connectivity index (χ3v) is 3.69. The van der Waals surface area contributed by atoms with Crippen LogP contribution in [0.3, 0.4) is 0 Å². The highest BCUT2D eigenvalue weighted by atomic mass is 16.5. The summed E-state index contributed by atoms with van der Waals surface area (Å²) in [7, 11) is 3.33. The Morgan fingerprint density at radius 3 is 2.24 bits per heavy atom. The van der Waals surface area contributed by atoms with Gasteiger partial charge in [-0.1, -0.05) is 44.2 Å². The van der Waals surface area contributed by atoms with E-state index in [1.165, 1.54) is 5.56 Å². The quantitative estimate of drug-likeness (QED) is 0.854. The van der Waals surface area contributed by atoms with Crippen LogP contribution >= 0.6 is 0 Å². The summed E-state index contributed by atoms with van der Waals surface area (Å²) in [6, 6.07) is 10.3. The van der Waals surface area contributed by atoms with Crippen molar-refractivity contribution in [3.8, 4) is 0 Å². The van der Waals surface area contributed by atoms with Crippen LogP contribution in [0.5, 0.6) is 0 Å². The highest BCUT2D eigenvalue weighted by molar-refractivity contribution is 5.94. The zero-order chi connectivity index (χ0) is 15.2. The molecule has 1 aliphatic heterocycles. The van der Waals surface area contributed by atoms with Crippen molar-refractivity contribution < 1.29 is 9.47 Å². The number of benzene rings is 1. The first-order valence-corrected chi connectivity index (χ1v) is 7.43. The smallest absolute Gasteiger partial charge is 0.209 e. The number of ether oxygens (including phenoxy) is 2. The molecule has 2 atom stereocenters. The topological polar surface area (TPSA) is 43.2 Å². The van der Waals surface area contributed by atoms with Crippen LogP contribution in [0.25, 0.3) is 0 Å². The second kappa shape index (κ2) is 7.25. The minimum absolute atomic E-state index is 0.0436. The van der Waals surface area contributed by atoms with Crippen molar-refractivity contribution in [2.45, 2.75) is 38.8 Å². The van der Waals surface area contributed by atoms with Gasteiger partial charge in [-0.15, -0.1) is 0 Å². The number of rotatable bonds is 4. The van der Waals surface area contributed by atoms with Crippen LogP contribution in [0.4, 0.5) is 0 Å². The Kier molecular flexibility index (Phi) is 5.37. The predicted octanol–water partition coefficient (Wildman–Crippen LogP) is 3.12. The second-order valence-corrected chi connectivity index (χ2v) is 5.57. The number of nitrogens with zero attached hydrogens (tertiary/aromatic N) is 2. The largest absolute Gasteiger partial charge is 0.483 e. The fraction of sp³-hybridized carbons (Fsp3) is 0.529. The molecular weight excluding hydrogens is 264 g/mol. The van der Waals surface area contributed by atoms with Crippen LogP contribution in [0, 0.1) is 5.92 Å². The van der Waals surface area contributed by atoms with Gasteiger partial charge in [-0.2, -0.15) is 0 Å². The highest BCUT2D eigenvalue weighted by Gasteiger charge is 2.30. The summed E-state index contributed by atoms with van der Waals surface area (Å²) in [5.74, 6) is 1.76. The molecule has 1 heterocycles. The molecule has 0 saturated heterocycles. The molecule has 2 rings (SSSR count). The second-order valence-electron chi connectivity index (χ2n) is 5.57. The molecule has 21 heavy (non-hydrogen) atoms. The van der Waals surface area contributed by atoms with Gasteiger partial charge in [-0.05, 0) is 24.3 Å². The maximum Gasteiger partial charge on any atom is 0.209 e. The maximum absolute atomic E-state index is 5.45. The number of hydrogen-bond acceptors (Lipinski definition) is 4. The highest BCUT2D eigenvalue weighted by Crippen LogP contribution is 2.20. The molecule has 0 spiro atoms. The average Bonchev–Trinajstić information content (AvgIpc) is 2.52. The minimum atomic E-state index is -0.0554. The average molecular weight is 288 g/mol. The Bertz CT molecular complexity index is 509. The van der Waals surface area contributed by atoms with Gasteiger partial charge in [-0.3, -0.25) is 0 Å². The minimum Gasteiger partial charge on any atom is -0.483 e. The molecule has 114 valence electrons. The van der Waals surface area contributed by atoms with Crippen molar-refractivity contribution in [2.75, 3.05) is 14.2 Å². The van der Waals surface area contributed by atoms with Gasteiger partial charge in [0.1, 0.15) is 12.1 Å². The predicted molar refractivity (Wildman–Crippen MR) is 86.1 cm³/mol. The first kappa shape index (κ1) is 15.5. The molecule has 0 bridgehead atoms. The maximum atomic E-state index is 5.45. The van der Waals surface area contributed by atoms with E-state index < -0.39 is 0 Å². The lowest BCUT2D eigenvalue weighted by Crippen LogP contribution is -2.37. The van der Waals surface area contributed by atoms with E-state index in [-0.39, 0.29) is 12.1 Å². The Morgan fingerprint density at radius 1 is 1.00 bits per heavy atom. The van der Waals surface area contributed by atoms with Gasteiger partial charge < -0.3 is 9.47 Å². The molecule has 0 saturated carbocycles. The normalized spacial score (nSPS) is 21.8. The van der Waals surface area contributed by atoms with E-state index in [0.717, 1.165) is 12.8 Å². The summed E-state index contributed by atoms with van der Waals surface area (Å²) in [6.07, 6.45) is 1.81. The summed E-state index contributed by atoms with van der Waals surface area (Å²) >= 11 is 0. The van der Waals surface area contributed by atoms with Crippen LogP contribution in [-0.4, -0.2) is 38.1 Å². The molecule has 0 aromatic heterocycles. The number of methoxy groups -OCH3 is 2. The van der Waals surface area contributed by atoms with E-state index >= 15 is 0 Å². The summed E-state index contributed by atoms with van der Waals surface area (Å²) in [4.78, 5) is 9.39. The van der Waals surface area contributed by atoms with E-state index in [0.29, 0.717) is 17.7 Å². The van der Waals surface area contributed by atoms with Gasteiger partial charge in [0.15, 0.2) is 0 Å². The number of hydrogen-bond donors (Lipinski definition) is 0. The zero-order valence-electron chi connectivity index (χ0n) is 13.2. The molecule has 4 nitrogen and oxygen atoms in total. The molecule has 0 radical (unpaired) electrons. The van der Waals surface area contributed by atoms with Crippen molar-refractivity contribution in [3.05, 3.63) is 35.9 Å². The Labute approximate surface area is 126 Å². The fourth-order valence-corrected chi connectivity index (χ4v) is 2.50. The van der Waals surface area contributed by atoms with E-state index in [1.807, 2.05) is 6.07 Å². The lowest BCUT2D eigenvalue weighted by molar-refractivity contribution is 0.331. The zero-order valence-corrected chi connectivity index (χ0v) is 13.2. The Hall–Kier alpha value is -1.84. The van der Waals surface area contributed by atoms with Gasteiger partial charge in [0.2, 0.25) is 11.8 Å². The van der Waals surface area contributed by atoms with Gasteiger partial charge in [0.05, 0.1) is 14.2 Å². The van der Waals surface area contributed by atoms with Crippen molar-refractivity contribution in [3.63, 3.8) is 0 Å². The van der Waals surface area contributed by atoms with Crippen molar-refractivity contribution in [1.29, 1.82) is 0 Å². The van der Waals surface area contributed by atoms with Crippen molar-refractivity contribution in [2.24, 2.45) is 15.9 Å². The SMILES string of the molecule is COC1=N[C@H](C(C)C)C(OC)=N[C@H]1CCc1ccccc1. The van der Waals surface area contributed by atoms with Gasteiger partial charge in [0, 0.05) is 0 Å². The molecule has 0 amide bonds. The van der Waals surface area contributed by atoms with E-state index in [1.54, 1.807) is 14.2 Å². The van der Waals surface area contributed by atoms with Crippen molar-refractivity contribution >= 4 is 11.8 Å². The molecule has 0 aliphatic carbocycles. The summed E-state index contributed by atoms with van der Waals surface area (Å²) < 4.78 is 10.9. The molecule has 1 aromatic carbocycles. The Balaban J connectivity index is 2.10. The molecule has 4 heteroatoms. The van der Waals surface area contributed by atoms with Crippen LogP contribution in [-0.2, 0) is 15.9 Å². The Morgan fingerprint density at radius 2 is 1.67 bits per heavy atom. The van der Waals surface area contributed by atoms with E-state index in [9.17, 15) is 0 Å². The monoisotopic (exact) mass is 288 g/mol. The van der Waals surface area contributed by atoms with Gasteiger partial charge in [-0.25, -0.2) is 9.98 Å². The molecule has 0 fully saturated rings. The summed E-state index contributed by atoms with van der Waals surface area (Å²) in [5.41, 5.74) is 1.30. The third kappa shape index (κ3) is 3.84. The molecular formula is C17H24N2O2. The van der Waals surface area contributed by atoms with Crippen LogP contribution in [0.1, 0.15) is 25.8 Å².